The molecule has 2 N–H and O–H groups in total. The third kappa shape index (κ3) is 5.52. The Labute approximate surface area is 112 Å². The number of carbonyl (C=O) groups is 2. The molecule has 1 unspecified atom stereocenters. The lowest BCUT2D eigenvalue weighted by Crippen LogP contribution is -2.39. The molecule has 104 valence electrons. The second-order valence-electron chi connectivity index (χ2n) is 4.36. The lowest BCUT2D eigenvalue weighted by Gasteiger charge is -2.14. The van der Waals surface area contributed by atoms with Crippen LogP contribution < -0.4 is 5.32 Å². The quantitative estimate of drug-likeness (QED) is 0.723. The van der Waals surface area contributed by atoms with Crippen LogP contribution in [0.2, 0.25) is 0 Å². The van der Waals surface area contributed by atoms with Gasteiger partial charge >= 0.3 is 11.9 Å². The van der Waals surface area contributed by atoms with Crippen molar-refractivity contribution in [3.05, 3.63) is 35.4 Å². The van der Waals surface area contributed by atoms with E-state index in [0.717, 1.165) is 11.1 Å². The molecule has 0 heterocycles. The Balaban J connectivity index is 2.53. The summed E-state index contributed by atoms with van der Waals surface area (Å²) in [5.74, 6) is -1.28. The maximum atomic E-state index is 11.2. The Hall–Kier alpha value is -1.88. The van der Waals surface area contributed by atoms with E-state index >= 15 is 0 Å². The summed E-state index contributed by atoms with van der Waals surface area (Å²) < 4.78 is 4.50. The SMILES string of the molecule is COC(=O)CCNC(Cc1cccc(C)c1)C(=O)O. The number of rotatable bonds is 7. The number of hydrogen-bond acceptors (Lipinski definition) is 4. The van der Waals surface area contributed by atoms with E-state index in [-0.39, 0.29) is 18.9 Å². The molecule has 0 radical (unpaired) electrons. The molecule has 5 nitrogen and oxygen atoms in total. The number of methoxy groups -OCH3 is 1. The van der Waals surface area contributed by atoms with Crippen LogP contribution in [0.3, 0.4) is 0 Å². The molecule has 0 aromatic heterocycles. The van der Waals surface area contributed by atoms with E-state index in [1.165, 1.54) is 7.11 Å². The van der Waals surface area contributed by atoms with Gasteiger partial charge in [-0.1, -0.05) is 29.8 Å². The van der Waals surface area contributed by atoms with Crippen molar-refractivity contribution in [3.8, 4) is 0 Å². The molecule has 0 aliphatic rings. The zero-order chi connectivity index (χ0) is 14.3. The Morgan fingerprint density at radius 1 is 1.42 bits per heavy atom. The number of carboxylic acids is 1. The van der Waals surface area contributed by atoms with E-state index < -0.39 is 12.0 Å². The summed E-state index contributed by atoms with van der Waals surface area (Å²) in [6.07, 6.45) is 0.548. The highest BCUT2D eigenvalue weighted by Crippen LogP contribution is 2.07. The average Bonchev–Trinajstić information content (AvgIpc) is 2.37. The fourth-order valence-electron chi connectivity index (χ4n) is 1.77. The highest BCUT2D eigenvalue weighted by Gasteiger charge is 2.17. The second kappa shape index (κ2) is 7.53. The molecule has 0 saturated carbocycles. The van der Waals surface area contributed by atoms with Gasteiger partial charge in [0.2, 0.25) is 0 Å². The third-order valence-corrected chi connectivity index (χ3v) is 2.77. The van der Waals surface area contributed by atoms with Crippen molar-refractivity contribution in [2.45, 2.75) is 25.8 Å². The van der Waals surface area contributed by atoms with Gasteiger partial charge in [-0.2, -0.15) is 0 Å². The van der Waals surface area contributed by atoms with E-state index in [0.29, 0.717) is 6.42 Å². The van der Waals surface area contributed by atoms with Crippen LogP contribution in [0.15, 0.2) is 24.3 Å². The number of benzene rings is 1. The fraction of sp³-hybridized carbons (Fsp3) is 0.429. The van der Waals surface area contributed by atoms with Gasteiger partial charge in [0.05, 0.1) is 13.5 Å². The molecule has 1 aromatic rings. The number of nitrogens with one attached hydrogen (secondary N) is 1. The van der Waals surface area contributed by atoms with Gasteiger partial charge in [-0.25, -0.2) is 0 Å². The first-order chi connectivity index (χ1) is 9.02. The predicted molar refractivity (Wildman–Crippen MR) is 70.9 cm³/mol. The minimum Gasteiger partial charge on any atom is -0.480 e. The minimum atomic E-state index is -0.925. The van der Waals surface area contributed by atoms with E-state index in [1.54, 1.807) is 0 Å². The van der Waals surface area contributed by atoms with E-state index in [4.69, 9.17) is 5.11 Å². The molecule has 5 heteroatoms. The smallest absolute Gasteiger partial charge is 0.321 e. The zero-order valence-electron chi connectivity index (χ0n) is 11.2. The van der Waals surface area contributed by atoms with Gasteiger partial charge < -0.3 is 15.2 Å². The van der Waals surface area contributed by atoms with E-state index in [9.17, 15) is 9.59 Å². The van der Waals surface area contributed by atoms with Gasteiger partial charge in [-0.3, -0.25) is 9.59 Å². The van der Waals surface area contributed by atoms with Gasteiger partial charge in [-0.15, -0.1) is 0 Å². The Morgan fingerprint density at radius 3 is 2.74 bits per heavy atom. The van der Waals surface area contributed by atoms with Crippen LogP contribution >= 0.6 is 0 Å². The van der Waals surface area contributed by atoms with Crippen molar-refractivity contribution in [2.75, 3.05) is 13.7 Å². The first-order valence-electron chi connectivity index (χ1n) is 6.11. The van der Waals surface area contributed by atoms with Gasteiger partial charge in [0.25, 0.3) is 0 Å². The Morgan fingerprint density at radius 2 is 2.16 bits per heavy atom. The van der Waals surface area contributed by atoms with Crippen molar-refractivity contribution in [3.63, 3.8) is 0 Å². The number of esters is 1. The molecule has 19 heavy (non-hydrogen) atoms. The summed E-state index contributed by atoms with van der Waals surface area (Å²) in [4.78, 5) is 22.1. The molecule has 0 spiro atoms. The van der Waals surface area contributed by atoms with Gasteiger partial charge in [-0.05, 0) is 18.9 Å². The van der Waals surface area contributed by atoms with Gasteiger partial charge in [0, 0.05) is 6.54 Å². The summed E-state index contributed by atoms with van der Waals surface area (Å²) in [6.45, 7) is 2.25. The van der Waals surface area contributed by atoms with E-state index in [2.05, 4.69) is 10.1 Å². The second-order valence-corrected chi connectivity index (χ2v) is 4.36. The third-order valence-electron chi connectivity index (χ3n) is 2.77. The van der Waals surface area contributed by atoms with E-state index in [1.807, 2.05) is 31.2 Å². The number of aliphatic carboxylic acids is 1. The molecule has 0 aliphatic carbocycles. The average molecular weight is 265 g/mol. The molecule has 0 bridgehead atoms. The van der Waals surface area contributed by atoms with Crippen LogP contribution in [0.1, 0.15) is 17.5 Å². The number of ether oxygens (including phenoxy) is 1. The van der Waals surface area contributed by atoms with Crippen LogP contribution in [-0.2, 0) is 20.7 Å². The topological polar surface area (TPSA) is 75.6 Å². The highest BCUT2D eigenvalue weighted by molar-refractivity contribution is 5.74. The highest BCUT2D eigenvalue weighted by atomic mass is 16.5. The molecule has 0 saturated heterocycles. The maximum absolute atomic E-state index is 11.2. The van der Waals surface area contributed by atoms with Crippen LogP contribution in [-0.4, -0.2) is 36.7 Å². The lowest BCUT2D eigenvalue weighted by atomic mass is 10.0. The van der Waals surface area contributed by atoms with Crippen LogP contribution in [0.25, 0.3) is 0 Å². The van der Waals surface area contributed by atoms with Crippen molar-refractivity contribution in [1.82, 2.24) is 5.32 Å². The molecule has 0 aliphatic heterocycles. The minimum absolute atomic E-state index is 0.161. The fourth-order valence-corrected chi connectivity index (χ4v) is 1.77. The van der Waals surface area contributed by atoms with Crippen LogP contribution in [0, 0.1) is 6.92 Å². The molecule has 0 amide bonds. The van der Waals surface area contributed by atoms with Crippen molar-refractivity contribution in [1.29, 1.82) is 0 Å². The maximum Gasteiger partial charge on any atom is 0.321 e. The molecule has 1 rings (SSSR count). The van der Waals surface area contributed by atoms with Crippen LogP contribution in [0.4, 0.5) is 0 Å². The molecular formula is C14H19NO4. The Kier molecular flexibility index (Phi) is 6.02. The molecule has 1 aromatic carbocycles. The van der Waals surface area contributed by atoms with Crippen molar-refractivity contribution in [2.24, 2.45) is 0 Å². The monoisotopic (exact) mass is 265 g/mol. The number of hydrogen-bond donors (Lipinski definition) is 2. The number of carboxylic acid groups (broad SMARTS) is 1. The Bertz CT molecular complexity index is 445. The van der Waals surface area contributed by atoms with Crippen molar-refractivity contribution >= 4 is 11.9 Å². The molecular weight excluding hydrogens is 246 g/mol. The van der Waals surface area contributed by atoms with Crippen LogP contribution in [0.5, 0.6) is 0 Å². The summed E-state index contributed by atoms with van der Waals surface area (Å²) >= 11 is 0. The number of aryl methyl sites for hydroxylation is 1. The lowest BCUT2D eigenvalue weighted by molar-refractivity contribution is -0.142. The molecule has 1 atom stereocenters. The summed E-state index contributed by atoms with van der Waals surface area (Å²) in [5.41, 5.74) is 2.05. The number of carbonyl (C=O) groups excluding carboxylic acids is 1. The largest absolute Gasteiger partial charge is 0.480 e. The summed E-state index contributed by atoms with van der Waals surface area (Å²) in [7, 11) is 1.31. The standard InChI is InChI=1S/C14H19NO4/c1-10-4-3-5-11(8-10)9-12(14(17)18)15-7-6-13(16)19-2/h3-5,8,12,15H,6-7,9H2,1-2H3,(H,17,18). The summed E-state index contributed by atoms with van der Waals surface area (Å²) in [6, 6.07) is 7.01. The van der Waals surface area contributed by atoms with Gasteiger partial charge in [0.1, 0.15) is 6.04 Å². The first-order valence-corrected chi connectivity index (χ1v) is 6.11. The summed E-state index contributed by atoms with van der Waals surface area (Å²) in [5, 5.41) is 12.0. The zero-order valence-corrected chi connectivity index (χ0v) is 11.2. The van der Waals surface area contributed by atoms with Crippen molar-refractivity contribution < 1.29 is 19.4 Å². The first kappa shape index (κ1) is 15.2. The molecule has 0 fully saturated rings. The predicted octanol–water partition coefficient (Wildman–Crippen LogP) is 1.14. The normalized spacial score (nSPS) is 11.9. The van der Waals surface area contributed by atoms with Gasteiger partial charge in [0.15, 0.2) is 0 Å².